The highest BCUT2D eigenvalue weighted by molar-refractivity contribution is 6.30. The summed E-state index contributed by atoms with van der Waals surface area (Å²) in [6.07, 6.45) is -12.8. The summed E-state index contributed by atoms with van der Waals surface area (Å²) in [6.45, 7) is 0.665. The van der Waals surface area contributed by atoms with Gasteiger partial charge in [-0.05, 0) is 42.8 Å². The van der Waals surface area contributed by atoms with E-state index in [1.54, 1.807) is 0 Å². The number of aromatic nitrogens is 5. The normalized spacial score (nSPS) is 23.4. The highest BCUT2D eigenvalue weighted by atomic mass is 35.5. The number of aliphatic hydroxyl groups is 3. The molecule has 1 fully saturated rings. The van der Waals surface area contributed by atoms with Crippen LogP contribution in [0.25, 0.3) is 16.8 Å². The molecule has 0 aliphatic carbocycles. The third-order valence-electron chi connectivity index (χ3n) is 6.83. The monoisotopic (exact) mass is 617 g/mol. The van der Waals surface area contributed by atoms with Gasteiger partial charge in [-0.15, -0.1) is 0 Å². The molecule has 0 spiro atoms. The van der Waals surface area contributed by atoms with Crippen LogP contribution < -0.4 is 0 Å². The van der Waals surface area contributed by atoms with E-state index in [2.05, 4.69) is 15.2 Å². The summed E-state index contributed by atoms with van der Waals surface area (Å²) in [6, 6.07) is 5.78. The highest BCUT2D eigenvalue weighted by Crippen LogP contribution is 2.41. The number of aliphatic hydroxyl groups excluding tert-OH is 3. The standard InChI is InChI=1S/C26H22ClF6N5O4/c1-12-35-24(38(36-12)18-8-16(27)6-7-17(18)26(31,32)33)23-22(41)20(21(40)19(11-39)42-23)37-10-14(9-34-37)13-2-4-15(5-3-13)25(28,29)30/h2-10,19-23,39-41H,11H2,1H3/t19?,20?,21-,22-,23+/m0/s1. The first kappa shape index (κ1) is 30.0. The molecule has 0 amide bonds. The van der Waals surface area contributed by atoms with Crippen molar-refractivity contribution >= 4 is 11.6 Å². The zero-order chi connectivity index (χ0) is 30.6. The molecule has 4 aromatic rings. The summed E-state index contributed by atoms with van der Waals surface area (Å²) in [4.78, 5) is 4.19. The summed E-state index contributed by atoms with van der Waals surface area (Å²) in [5, 5.41) is 40.5. The van der Waals surface area contributed by atoms with Crippen LogP contribution in [0.5, 0.6) is 0 Å². The molecule has 0 saturated carbocycles. The smallest absolute Gasteiger partial charge is 0.394 e. The molecule has 224 valence electrons. The number of benzene rings is 2. The van der Waals surface area contributed by atoms with Crippen molar-refractivity contribution in [2.75, 3.05) is 6.61 Å². The first-order valence-electron chi connectivity index (χ1n) is 12.3. The Hall–Kier alpha value is -3.50. The van der Waals surface area contributed by atoms with Crippen LogP contribution in [0.1, 0.15) is 34.9 Å². The van der Waals surface area contributed by atoms with Crippen LogP contribution in [-0.2, 0) is 17.1 Å². The predicted octanol–water partition coefficient (Wildman–Crippen LogP) is 4.53. The van der Waals surface area contributed by atoms with Crippen LogP contribution >= 0.6 is 11.6 Å². The third-order valence-corrected chi connectivity index (χ3v) is 7.07. The molecule has 16 heteroatoms. The third kappa shape index (κ3) is 5.62. The van der Waals surface area contributed by atoms with Gasteiger partial charge in [-0.2, -0.15) is 36.5 Å². The number of hydrogen-bond donors (Lipinski definition) is 3. The number of hydrogen-bond acceptors (Lipinski definition) is 7. The second-order valence-corrected chi connectivity index (χ2v) is 10.1. The van der Waals surface area contributed by atoms with Gasteiger partial charge in [-0.1, -0.05) is 23.7 Å². The van der Waals surface area contributed by atoms with Gasteiger partial charge in [0.05, 0.1) is 29.6 Å². The fraction of sp³-hybridized carbons (Fsp3) is 0.346. The van der Waals surface area contributed by atoms with Crippen molar-refractivity contribution in [1.82, 2.24) is 24.5 Å². The Morgan fingerprint density at radius 2 is 1.64 bits per heavy atom. The molecule has 2 unspecified atom stereocenters. The van der Waals surface area contributed by atoms with E-state index < -0.39 is 66.2 Å². The Balaban J connectivity index is 1.54. The molecular formula is C26H22ClF6N5O4. The summed E-state index contributed by atoms with van der Waals surface area (Å²) in [7, 11) is 0. The zero-order valence-corrected chi connectivity index (χ0v) is 22.2. The molecule has 3 N–H and O–H groups in total. The van der Waals surface area contributed by atoms with Crippen LogP contribution in [0, 0.1) is 6.92 Å². The predicted molar refractivity (Wildman–Crippen MR) is 135 cm³/mol. The van der Waals surface area contributed by atoms with E-state index in [0.29, 0.717) is 11.1 Å². The number of ether oxygens (including phenoxy) is 1. The van der Waals surface area contributed by atoms with Gasteiger partial charge >= 0.3 is 12.4 Å². The summed E-state index contributed by atoms with van der Waals surface area (Å²) >= 11 is 6.00. The van der Waals surface area contributed by atoms with E-state index in [1.165, 1.54) is 31.5 Å². The first-order valence-corrected chi connectivity index (χ1v) is 12.7. The lowest BCUT2D eigenvalue weighted by Gasteiger charge is -2.42. The lowest BCUT2D eigenvalue weighted by molar-refractivity contribution is -0.210. The van der Waals surface area contributed by atoms with Crippen LogP contribution in [0.2, 0.25) is 5.02 Å². The molecule has 5 rings (SSSR count). The van der Waals surface area contributed by atoms with Gasteiger partial charge in [0.2, 0.25) is 0 Å². The molecule has 1 aliphatic heterocycles. The van der Waals surface area contributed by atoms with Crippen LogP contribution in [-0.4, -0.2) is 64.8 Å². The van der Waals surface area contributed by atoms with E-state index in [9.17, 15) is 41.7 Å². The largest absolute Gasteiger partial charge is 0.418 e. The first-order chi connectivity index (χ1) is 19.7. The number of alkyl halides is 6. The molecule has 9 nitrogen and oxygen atoms in total. The molecule has 2 aromatic heterocycles. The van der Waals surface area contributed by atoms with Crippen LogP contribution in [0.15, 0.2) is 54.9 Å². The molecular weight excluding hydrogens is 596 g/mol. The molecule has 1 saturated heterocycles. The van der Waals surface area contributed by atoms with Crippen molar-refractivity contribution in [2.24, 2.45) is 0 Å². The van der Waals surface area contributed by atoms with Gasteiger partial charge in [0.25, 0.3) is 0 Å². The summed E-state index contributed by atoms with van der Waals surface area (Å²) in [5.74, 6) is -0.237. The minimum atomic E-state index is -4.81. The molecule has 1 aliphatic rings. The van der Waals surface area contributed by atoms with Gasteiger partial charge in [-0.3, -0.25) is 4.68 Å². The maximum absolute atomic E-state index is 13.9. The Morgan fingerprint density at radius 3 is 2.26 bits per heavy atom. The van der Waals surface area contributed by atoms with Gasteiger partial charge < -0.3 is 20.1 Å². The Kier molecular flexibility index (Phi) is 7.83. The lowest BCUT2D eigenvalue weighted by atomic mass is 9.92. The Labute approximate surface area is 238 Å². The maximum Gasteiger partial charge on any atom is 0.418 e. The van der Waals surface area contributed by atoms with E-state index >= 15 is 0 Å². The van der Waals surface area contributed by atoms with E-state index in [-0.39, 0.29) is 16.7 Å². The van der Waals surface area contributed by atoms with Crippen molar-refractivity contribution < 1.29 is 46.4 Å². The number of aryl methyl sites for hydroxylation is 1. The number of nitrogens with zero attached hydrogens (tertiary/aromatic N) is 5. The SMILES string of the molecule is Cc1nc([C@@H]2OC(CO)[C@H](O)C(n3cc(-c4ccc(C(F)(F)F)cc4)cn3)[C@@H]2O)n(-c2cc(Cl)ccc2C(F)(F)F)n1. The topological polar surface area (TPSA) is 118 Å². The van der Waals surface area contributed by atoms with Crippen LogP contribution in [0.4, 0.5) is 26.3 Å². The van der Waals surface area contributed by atoms with E-state index in [1.807, 2.05) is 0 Å². The fourth-order valence-corrected chi connectivity index (χ4v) is 5.01. The van der Waals surface area contributed by atoms with E-state index in [4.69, 9.17) is 16.3 Å². The van der Waals surface area contributed by atoms with Gasteiger partial charge in [0, 0.05) is 16.8 Å². The molecule has 3 heterocycles. The quantitative estimate of drug-likeness (QED) is 0.282. The van der Waals surface area contributed by atoms with Crippen molar-refractivity contribution in [1.29, 1.82) is 0 Å². The minimum Gasteiger partial charge on any atom is -0.394 e. The van der Waals surface area contributed by atoms with Crippen molar-refractivity contribution in [3.05, 3.63) is 82.7 Å². The fourth-order valence-electron chi connectivity index (χ4n) is 4.84. The average molecular weight is 618 g/mol. The summed E-state index contributed by atoms with van der Waals surface area (Å²) < 4.78 is 88.2. The van der Waals surface area contributed by atoms with Crippen molar-refractivity contribution in [3.8, 4) is 16.8 Å². The Morgan fingerprint density at radius 1 is 0.952 bits per heavy atom. The number of rotatable bonds is 5. The van der Waals surface area contributed by atoms with E-state index in [0.717, 1.165) is 39.7 Å². The lowest BCUT2D eigenvalue weighted by Crippen LogP contribution is -2.53. The van der Waals surface area contributed by atoms with Gasteiger partial charge in [0.15, 0.2) is 5.82 Å². The van der Waals surface area contributed by atoms with Crippen LogP contribution in [0.3, 0.4) is 0 Å². The second-order valence-electron chi connectivity index (χ2n) is 9.62. The zero-order valence-electron chi connectivity index (χ0n) is 21.4. The second kappa shape index (κ2) is 11.0. The number of halogens is 7. The van der Waals surface area contributed by atoms with Crippen molar-refractivity contribution in [2.45, 2.75) is 49.7 Å². The molecule has 0 bridgehead atoms. The molecule has 2 aromatic carbocycles. The minimum absolute atomic E-state index is 0.0285. The van der Waals surface area contributed by atoms with Gasteiger partial charge in [0.1, 0.15) is 36.3 Å². The van der Waals surface area contributed by atoms with Crippen molar-refractivity contribution in [3.63, 3.8) is 0 Å². The molecule has 0 radical (unpaired) electrons. The highest BCUT2D eigenvalue weighted by Gasteiger charge is 2.48. The Bertz CT molecular complexity index is 1570. The molecule has 5 atom stereocenters. The summed E-state index contributed by atoms with van der Waals surface area (Å²) in [5.41, 5.74) is -1.73. The maximum atomic E-state index is 13.9. The molecule has 42 heavy (non-hydrogen) atoms. The van der Waals surface area contributed by atoms with Gasteiger partial charge in [-0.25, -0.2) is 9.67 Å². The average Bonchev–Trinajstić information content (AvgIpc) is 3.55.